The number of aromatic nitrogens is 1. The van der Waals surface area contributed by atoms with Crippen LogP contribution in [0.2, 0.25) is 0 Å². The second kappa shape index (κ2) is 9.68. The fraction of sp³-hybridized carbons (Fsp3) is 0.611. The van der Waals surface area contributed by atoms with Crippen molar-refractivity contribution in [3.8, 4) is 0 Å². The minimum absolute atomic E-state index is 0.274. The molecule has 0 unspecified atom stereocenters. The summed E-state index contributed by atoms with van der Waals surface area (Å²) < 4.78 is 9.93. The Bertz CT molecular complexity index is 618. The minimum atomic E-state index is -0.345. The maximum atomic E-state index is 11.7. The fourth-order valence-electron chi connectivity index (χ4n) is 2.90. The molecule has 0 amide bonds. The normalized spacial score (nSPS) is 16.7. The van der Waals surface area contributed by atoms with Gasteiger partial charge in [-0.1, -0.05) is 5.57 Å². The number of rotatable bonds is 7. The highest BCUT2D eigenvalue weighted by molar-refractivity contribution is 7.09. The van der Waals surface area contributed by atoms with Crippen LogP contribution in [0.1, 0.15) is 55.0 Å². The summed E-state index contributed by atoms with van der Waals surface area (Å²) in [6.45, 7) is 8.99. The monoisotopic (exact) mass is 366 g/mol. The molecule has 1 aromatic rings. The summed E-state index contributed by atoms with van der Waals surface area (Å²) in [6.07, 6.45) is 3.58. The third kappa shape index (κ3) is 5.93. The third-order valence-electron chi connectivity index (χ3n) is 4.07. The molecule has 1 aromatic heterocycles. The summed E-state index contributed by atoms with van der Waals surface area (Å²) in [7, 11) is 0. The van der Waals surface area contributed by atoms with Gasteiger partial charge in [0.05, 0.1) is 18.2 Å². The van der Waals surface area contributed by atoms with E-state index < -0.39 is 0 Å². The van der Waals surface area contributed by atoms with Crippen molar-refractivity contribution in [2.45, 2.75) is 39.5 Å². The predicted molar refractivity (Wildman–Crippen MR) is 96.9 cm³/mol. The van der Waals surface area contributed by atoms with Crippen LogP contribution >= 0.6 is 11.3 Å². The summed E-state index contributed by atoms with van der Waals surface area (Å²) in [5.74, 6) is -0.231. The van der Waals surface area contributed by atoms with Crippen molar-refractivity contribution in [1.82, 2.24) is 9.88 Å². The molecule has 1 aliphatic heterocycles. The van der Waals surface area contributed by atoms with Gasteiger partial charge in [0.25, 0.3) is 0 Å². The second-order valence-corrected chi connectivity index (χ2v) is 6.97. The summed E-state index contributed by atoms with van der Waals surface area (Å²) in [5, 5.41) is 2.80. The average Bonchev–Trinajstić information content (AvgIpc) is 3.06. The van der Waals surface area contributed by atoms with Crippen molar-refractivity contribution in [3.05, 3.63) is 27.7 Å². The predicted octanol–water partition coefficient (Wildman–Crippen LogP) is 3.01. The summed E-state index contributed by atoms with van der Waals surface area (Å²) >= 11 is 1.54. The number of ether oxygens (including phenoxy) is 2. The van der Waals surface area contributed by atoms with Gasteiger partial charge in [-0.25, -0.2) is 14.6 Å². The molecule has 1 aliphatic rings. The van der Waals surface area contributed by atoms with Crippen LogP contribution in [-0.4, -0.2) is 54.7 Å². The van der Waals surface area contributed by atoms with Crippen molar-refractivity contribution >= 4 is 23.3 Å². The SMILES string of the molecule is CCOC(=O)/C=C(\C)CN1CCC(c2nc(C(=O)OCC)cs2)CC1. The standard InChI is InChI=1S/C18H26N2O4S/c1-4-23-16(21)10-13(3)11-20-8-6-14(7-9-20)17-19-15(12-25-17)18(22)24-5-2/h10,12,14H,4-9,11H2,1-3H3/b13-10+. The molecule has 25 heavy (non-hydrogen) atoms. The number of hydrogen-bond acceptors (Lipinski definition) is 7. The van der Waals surface area contributed by atoms with Crippen molar-refractivity contribution in [1.29, 1.82) is 0 Å². The second-order valence-electron chi connectivity index (χ2n) is 6.08. The van der Waals surface area contributed by atoms with Gasteiger partial charge in [0, 0.05) is 23.9 Å². The lowest BCUT2D eigenvalue weighted by Crippen LogP contribution is -2.34. The molecule has 1 saturated heterocycles. The Morgan fingerprint density at radius 3 is 2.60 bits per heavy atom. The molecule has 0 aliphatic carbocycles. The number of esters is 2. The highest BCUT2D eigenvalue weighted by atomic mass is 32.1. The van der Waals surface area contributed by atoms with E-state index in [0.29, 0.717) is 24.8 Å². The topological polar surface area (TPSA) is 68.7 Å². The van der Waals surface area contributed by atoms with Crippen molar-refractivity contribution in [2.75, 3.05) is 32.8 Å². The highest BCUT2D eigenvalue weighted by Gasteiger charge is 2.24. The van der Waals surface area contributed by atoms with E-state index in [9.17, 15) is 9.59 Å². The van der Waals surface area contributed by atoms with Gasteiger partial charge in [0.1, 0.15) is 0 Å². The van der Waals surface area contributed by atoms with Crippen LogP contribution in [0.25, 0.3) is 0 Å². The van der Waals surface area contributed by atoms with E-state index in [4.69, 9.17) is 9.47 Å². The van der Waals surface area contributed by atoms with Gasteiger partial charge >= 0.3 is 11.9 Å². The zero-order chi connectivity index (χ0) is 18.2. The molecular weight excluding hydrogens is 340 g/mol. The molecule has 0 aromatic carbocycles. The molecule has 2 heterocycles. The summed E-state index contributed by atoms with van der Waals surface area (Å²) in [6, 6.07) is 0. The number of hydrogen-bond donors (Lipinski definition) is 0. The van der Waals surface area contributed by atoms with Crippen LogP contribution in [-0.2, 0) is 14.3 Å². The first-order valence-electron chi connectivity index (χ1n) is 8.72. The molecule has 6 nitrogen and oxygen atoms in total. The third-order valence-corrected chi connectivity index (χ3v) is 5.07. The lowest BCUT2D eigenvalue weighted by Gasteiger charge is -2.31. The van der Waals surface area contributed by atoms with E-state index in [1.807, 2.05) is 6.92 Å². The molecular formula is C18H26N2O4S. The first kappa shape index (κ1) is 19.6. The number of thiazole rings is 1. The minimum Gasteiger partial charge on any atom is -0.463 e. The van der Waals surface area contributed by atoms with E-state index in [0.717, 1.165) is 43.1 Å². The maximum absolute atomic E-state index is 11.7. The molecule has 138 valence electrons. The van der Waals surface area contributed by atoms with E-state index in [-0.39, 0.29) is 11.9 Å². The largest absolute Gasteiger partial charge is 0.463 e. The molecule has 0 atom stereocenters. The summed E-state index contributed by atoms with van der Waals surface area (Å²) in [5.41, 5.74) is 1.42. The van der Waals surface area contributed by atoms with Crippen LogP contribution in [0, 0.1) is 0 Å². The van der Waals surface area contributed by atoms with Gasteiger partial charge in [0.15, 0.2) is 5.69 Å². The molecule has 1 fully saturated rings. The molecule has 0 bridgehead atoms. The molecule has 0 spiro atoms. The lowest BCUT2D eigenvalue weighted by atomic mass is 9.97. The van der Waals surface area contributed by atoms with Crippen molar-refractivity contribution < 1.29 is 19.1 Å². The molecule has 7 heteroatoms. The number of carbonyl (C=O) groups is 2. The quantitative estimate of drug-likeness (QED) is 0.546. The molecule has 0 N–H and O–H groups in total. The van der Waals surface area contributed by atoms with Crippen LogP contribution in [0.3, 0.4) is 0 Å². The van der Waals surface area contributed by atoms with Crippen molar-refractivity contribution in [3.63, 3.8) is 0 Å². The van der Waals surface area contributed by atoms with Crippen LogP contribution in [0.5, 0.6) is 0 Å². The Hall–Kier alpha value is -1.73. The van der Waals surface area contributed by atoms with Gasteiger partial charge in [-0.15, -0.1) is 11.3 Å². The first-order chi connectivity index (χ1) is 12.0. The summed E-state index contributed by atoms with van der Waals surface area (Å²) in [4.78, 5) is 30.0. The van der Waals surface area contributed by atoms with Crippen molar-refractivity contribution in [2.24, 2.45) is 0 Å². The van der Waals surface area contributed by atoms with Gasteiger partial charge in [-0.3, -0.25) is 4.90 Å². The van der Waals surface area contributed by atoms with Crippen LogP contribution in [0.4, 0.5) is 0 Å². The Balaban J connectivity index is 1.83. The van der Waals surface area contributed by atoms with E-state index in [2.05, 4.69) is 9.88 Å². The van der Waals surface area contributed by atoms with Gasteiger partial charge in [-0.2, -0.15) is 0 Å². The lowest BCUT2D eigenvalue weighted by molar-refractivity contribution is -0.137. The number of likely N-dealkylation sites (tertiary alicyclic amines) is 1. The Morgan fingerprint density at radius 2 is 1.96 bits per heavy atom. The fourth-order valence-corrected chi connectivity index (χ4v) is 3.86. The zero-order valence-electron chi connectivity index (χ0n) is 15.1. The highest BCUT2D eigenvalue weighted by Crippen LogP contribution is 2.30. The van der Waals surface area contributed by atoms with E-state index in [1.165, 1.54) is 11.3 Å². The maximum Gasteiger partial charge on any atom is 0.357 e. The Morgan fingerprint density at radius 1 is 1.28 bits per heavy atom. The Kier molecular flexibility index (Phi) is 7.58. The van der Waals surface area contributed by atoms with Gasteiger partial charge in [-0.05, 0) is 46.7 Å². The van der Waals surface area contributed by atoms with Crippen LogP contribution < -0.4 is 0 Å². The van der Waals surface area contributed by atoms with Crippen LogP contribution in [0.15, 0.2) is 17.0 Å². The number of nitrogens with zero attached hydrogens (tertiary/aromatic N) is 2. The molecule has 2 rings (SSSR count). The number of piperidine rings is 1. The zero-order valence-corrected chi connectivity index (χ0v) is 15.9. The van der Waals surface area contributed by atoms with E-state index in [1.54, 1.807) is 25.3 Å². The van der Waals surface area contributed by atoms with Gasteiger partial charge in [0.2, 0.25) is 0 Å². The van der Waals surface area contributed by atoms with E-state index >= 15 is 0 Å². The number of carbonyl (C=O) groups excluding carboxylic acids is 2. The molecule has 0 saturated carbocycles. The average molecular weight is 366 g/mol. The smallest absolute Gasteiger partial charge is 0.357 e. The Labute approximate surface area is 152 Å². The first-order valence-corrected chi connectivity index (χ1v) is 9.60. The molecule has 0 radical (unpaired) electrons. The van der Waals surface area contributed by atoms with Gasteiger partial charge < -0.3 is 9.47 Å².